The normalized spacial score (nSPS) is 13.4. The van der Waals surface area contributed by atoms with Crippen LogP contribution in [0.25, 0.3) is 0 Å². The lowest BCUT2D eigenvalue weighted by atomic mass is 10.2. The predicted octanol–water partition coefficient (Wildman–Crippen LogP) is 4.59. The average molecular weight is 337 g/mol. The van der Waals surface area contributed by atoms with Gasteiger partial charge in [-0.2, -0.15) is 0 Å². The maximum atomic E-state index is 13.4. The van der Waals surface area contributed by atoms with Crippen molar-refractivity contribution in [2.75, 3.05) is 13.3 Å². The quantitative estimate of drug-likeness (QED) is 0.725. The minimum Gasteiger partial charge on any atom is -0.494 e. The molecule has 2 aromatic rings. The summed E-state index contributed by atoms with van der Waals surface area (Å²) < 4.78 is 18.7. The largest absolute Gasteiger partial charge is 0.494 e. The van der Waals surface area contributed by atoms with Crippen LogP contribution in [0.15, 0.2) is 48.5 Å². The van der Waals surface area contributed by atoms with Crippen LogP contribution in [0, 0.1) is 0 Å². The summed E-state index contributed by atoms with van der Waals surface area (Å²) in [6.07, 6.45) is 0.978. The van der Waals surface area contributed by atoms with Gasteiger partial charge in [0.15, 0.2) is 7.14 Å². The molecule has 0 aliphatic heterocycles. The van der Waals surface area contributed by atoms with E-state index in [1.165, 1.54) is 7.11 Å². The van der Waals surface area contributed by atoms with Crippen molar-refractivity contribution in [3.05, 3.63) is 59.1 Å². The zero-order valence-electron chi connectivity index (χ0n) is 12.6. The highest BCUT2D eigenvalue weighted by atomic mass is 35.5. The molecular formula is C17H18ClO3P. The SMILES string of the molecule is CCCP(=O)(C(=O)c1cccc(Cl)c1OC)c1ccccc1. The highest BCUT2D eigenvalue weighted by molar-refractivity contribution is 7.87. The van der Waals surface area contributed by atoms with E-state index >= 15 is 0 Å². The summed E-state index contributed by atoms with van der Waals surface area (Å²) in [5.74, 6) is 0.279. The number of carbonyl (C=O) groups is 1. The van der Waals surface area contributed by atoms with Crippen LogP contribution in [0.3, 0.4) is 0 Å². The Morgan fingerprint density at radius 2 is 1.82 bits per heavy atom. The molecule has 3 nitrogen and oxygen atoms in total. The van der Waals surface area contributed by atoms with Gasteiger partial charge in [-0.1, -0.05) is 54.9 Å². The number of benzene rings is 2. The minimum atomic E-state index is -3.22. The molecule has 0 saturated heterocycles. The predicted molar refractivity (Wildman–Crippen MR) is 91.2 cm³/mol. The molecule has 0 aliphatic carbocycles. The van der Waals surface area contributed by atoms with Crippen molar-refractivity contribution in [1.82, 2.24) is 0 Å². The minimum absolute atomic E-state index is 0.274. The van der Waals surface area contributed by atoms with Crippen molar-refractivity contribution in [3.63, 3.8) is 0 Å². The first kappa shape index (κ1) is 16.8. The molecule has 0 aromatic heterocycles. The lowest BCUT2D eigenvalue weighted by molar-refractivity contribution is 0.107. The van der Waals surface area contributed by atoms with Crippen molar-refractivity contribution in [1.29, 1.82) is 0 Å². The van der Waals surface area contributed by atoms with Crippen LogP contribution in [0.1, 0.15) is 23.7 Å². The highest BCUT2D eigenvalue weighted by Crippen LogP contribution is 2.50. The number of ether oxygens (including phenoxy) is 1. The third-order valence-electron chi connectivity index (χ3n) is 3.44. The standard InChI is InChI=1S/C17H18ClO3P/c1-3-12-22(20,13-8-5-4-6-9-13)17(19)14-10-7-11-15(18)16(14)21-2/h4-11H,3,12H2,1-2H3. The lowest BCUT2D eigenvalue weighted by Gasteiger charge is -2.18. The number of rotatable bonds is 6. The second-order valence-electron chi connectivity index (χ2n) is 4.92. The molecule has 1 atom stereocenters. The molecule has 0 amide bonds. The van der Waals surface area contributed by atoms with Gasteiger partial charge < -0.3 is 9.30 Å². The fourth-order valence-corrected chi connectivity index (χ4v) is 5.21. The Morgan fingerprint density at radius 1 is 1.14 bits per heavy atom. The van der Waals surface area contributed by atoms with Crippen LogP contribution in [0.4, 0.5) is 0 Å². The van der Waals surface area contributed by atoms with Crippen molar-refractivity contribution < 1.29 is 14.1 Å². The van der Waals surface area contributed by atoms with Crippen molar-refractivity contribution >= 4 is 29.6 Å². The molecule has 0 bridgehead atoms. The number of hydrogen-bond donors (Lipinski definition) is 0. The smallest absolute Gasteiger partial charge is 0.229 e. The van der Waals surface area contributed by atoms with E-state index in [1.807, 2.05) is 13.0 Å². The fraction of sp³-hybridized carbons (Fsp3) is 0.235. The second-order valence-corrected chi connectivity index (χ2v) is 8.18. The summed E-state index contributed by atoms with van der Waals surface area (Å²) >= 11 is 6.08. The van der Waals surface area contributed by atoms with E-state index in [9.17, 15) is 9.36 Å². The van der Waals surface area contributed by atoms with E-state index in [2.05, 4.69) is 0 Å². The van der Waals surface area contributed by atoms with E-state index in [-0.39, 0.29) is 11.3 Å². The average Bonchev–Trinajstić information content (AvgIpc) is 2.55. The first-order chi connectivity index (χ1) is 10.5. The van der Waals surface area contributed by atoms with Gasteiger partial charge in [0.25, 0.3) is 0 Å². The number of hydrogen-bond acceptors (Lipinski definition) is 3. The summed E-state index contributed by atoms with van der Waals surface area (Å²) in [5, 5.41) is 0.910. The van der Waals surface area contributed by atoms with Gasteiger partial charge in [0, 0.05) is 11.5 Å². The fourth-order valence-electron chi connectivity index (χ4n) is 2.41. The third kappa shape index (κ3) is 3.11. The van der Waals surface area contributed by atoms with Crippen molar-refractivity contribution in [2.24, 2.45) is 0 Å². The Kier molecular flexibility index (Phi) is 5.44. The molecule has 0 aliphatic rings. The molecule has 22 heavy (non-hydrogen) atoms. The van der Waals surface area contributed by atoms with Crippen LogP contribution in [0.2, 0.25) is 5.02 Å². The molecule has 0 fully saturated rings. The second kappa shape index (κ2) is 7.13. The summed E-state index contributed by atoms with van der Waals surface area (Å²) in [4.78, 5) is 13.0. The molecule has 1 unspecified atom stereocenters. The number of para-hydroxylation sites is 1. The van der Waals surface area contributed by atoms with Gasteiger partial charge in [-0.05, 0) is 18.6 Å². The van der Waals surface area contributed by atoms with Gasteiger partial charge in [0.05, 0.1) is 17.7 Å². The number of halogens is 1. The van der Waals surface area contributed by atoms with Crippen molar-refractivity contribution in [2.45, 2.75) is 13.3 Å². The van der Waals surface area contributed by atoms with Crippen LogP contribution in [-0.4, -0.2) is 18.8 Å². The van der Waals surface area contributed by atoms with E-state index < -0.39 is 12.7 Å². The topological polar surface area (TPSA) is 43.4 Å². The maximum Gasteiger partial charge on any atom is 0.229 e. The highest BCUT2D eigenvalue weighted by Gasteiger charge is 2.35. The molecule has 116 valence electrons. The Hall–Kier alpha value is -1.57. The monoisotopic (exact) mass is 336 g/mol. The van der Waals surface area contributed by atoms with E-state index in [1.54, 1.807) is 42.5 Å². The molecule has 2 aromatic carbocycles. The summed E-state index contributed by atoms with van der Waals surface area (Å²) in [5.41, 5.74) is -0.129. The molecule has 2 rings (SSSR count). The first-order valence-corrected chi connectivity index (χ1v) is 9.33. The maximum absolute atomic E-state index is 13.4. The van der Waals surface area contributed by atoms with Crippen LogP contribution < -0.4 is 10.0 Å². The summed E-state index contributed by atoms with van der Waals surface area (Å²) in [6.45, 7) is 1.91. The Labute approximate surface area is 135 Å². The van der Waals surface area contributed by atoms with Crippen LogP contribution in [0.5, 0.6) is 5.75 Å². The molecule has 5 heteroatoms. The van der Waals surface area contributed by atoms with Gasteiger partial charge in [-0.25, -0.2) is 0 Å². The van der Waals surface area contributed by atoms with E-state index in [0.717, 1.165) is 0 Å². The van der Waals surface area contributed by atoms with E-state index in [0.29, 0.717) is 22.9 Å². The molecular weight excluding hydrogens is 319 g/mol. The zero-order valence-corrected chi connectivity index (χ0v) is 14.2. The third-order valence-corrected chi connectivity index (χ3v) is 6.85. The van der Waals surface area contributed by atoms with Gasteiger partial charge in [-0.15, -0.1) is 0 Å². The van der Waals surface area contributed by atoms with Gasteiger partial charge in [-0.3, -0.25) is 4.79 Å². The van der Waals surface area contributed by atoms with Crippen LogP contribution in [-0.2, 0) is 4.57 Å². The zero-order chi connectivity index (χ0) is 16.2. The lowest BCUT2D eigenvalue weighted by Crippen LogP contribution is -2.16. The van der Waals surface area contributed by atoms with Crippen LogP contribution >= 0.6 is 18.7 Å². The Morgan fingerprint density at radius 3 is 2.41 bits per heavy atom. The number of methoxy groups -OCH3 is 1. The van der Waals surface area contributed by atoms with E-state index in [4.69, 9.17) is 16.3 Å². The van der Waals surface area contributed by atoms with Gasteiger partial charge >= 0.3 is 0 Å². The number of carbonyl (C=O) groups excluding carboxylic acids is 1. The van der Waals surface area contributed by atoms with Gasteiger partial charge in [0.2, 0.25) is 5.52 Å². The Balaban J connectivity index is 2.58. The van der Waals surface area contributed by atoms with Crippen molar-refractivity contribution in [3.8, 4) is 5.75 Å². The molecule has 0 N–H and O–H groups in total. The first-order valence-electron chi connectivity index (χ1n) is 7.06. The van der Waals surface area contributed by atoms with Gasteiger partial charge in [0.1, 0.15) is 5.75 Å². The summed E-state index contributed by atoms with van der Waals surface area (Å²) in [6, 6.07) is 13.8. The molecule has 0 spiro atoms. The molecule has 0 radical (unpaired) electrons. The Bertz CT molecular complexity index is 713. The molecule has 0 heterocycles. The summed E-state index contributed by atoms with van der Waals surface area (Å²) in [7, 11) is -1.77. The molecule has 0 saturated carbocycles.